The first-order valence-corrected chi connectivity index (χ1v) is 8.79. The van der Waals surface area contributed by atoms with Gasteiger partial charge in [-0.15, -0.1) is 0 Å². The normalized spacial score (nSPS) is 13.3. The minimum atomic E-state index is -0.777. The van der Waals surface area contributed by atoms with E-state index in [1.165, 1.54) is 22.3 Å². The van der Waals surface area contributed by atoms with E-state index in [0.717, 1.165) is 44.8 Å². The van der Waals surface area contributed by atoms with E-state index in [1.54, 1.807) is 0 Å². The van der Waals surface area contributed by atoms with E-state index < -0.39 is 11.9 Å². The summed E-state index contributed by atoms with van der Waals surface area (Å²) in [5.74, 6) is -1.40. The minimum Gasteiger partial charge on any atom is -0.481 e. The Bertz CT molecular complexity index is 869. The SMILES string of the molecule is Cc1c(C)c(C)c2c(c1C)Nc1c(C)c(C)c(C)c(C)c1C2C(=O)O. The third kappa shape index (κ3) is 2.21. The summed E-state index contributed by atoms with van der Waals surface area (Å²) < 4.78 is 0. The number of benzene rings is 2. The molecule has 0 fully saturated rings. The van der Waals surface area contributed by atoms with Gasteiger partial charge in [-0.3, -0.25) is 4.79 Å². The molecule has 0 amide bonds. The van der Waals surface area contributed by atoms with Crippen LogP contribution in [0.3, 0.4) is 0 Å². The molecule has 1 aliphatic rings. The predicted molar refractivity (Wildman–Crippen MR) is 104 cm³/mol. The molecule has 0 unspecified atom stereocenters. The molecule has 0 radical (unpaired) electrons. The molecule has 2 aromatic carbocycles. The maximum atomic E-state index is 12.4. The lowest BCUT2D eigenvalue weighted by Crippen LogP contribution is -2.25. The Morgan fingerprint density at radius 2 is 0.960 bits per heavy atom. The highest BCUT2D eigenvalue weighted by Gasteiger charge is 2.37. The number of rotatable bonds is 1. The van der Waals surface area contributed by atoms with Crippen LogP contribution in [0.15, 0.2) is 0 Å². The summed E-state index contributed by atoms with van der Waals surface area (Å²) in [6.45, 7) is 16.7. The molecule has 0 spiro atoms. The van der Waals surface area contributed by atoms with Crippen molar-refractivity contribution < 1.29 is 9.90 Å². The van der Waals surface area contributed by atoms with Crippen LogP contribution in [-0.2, 0) is 4.79 Å². The van der Waals surface area contributed by atoms with Gasteiger partial charge in [-0.05, 0) is 111 Å². The van der Waals surface area contributed by atoms with Crippen LogP contribution in [0.25, 0.3) is 0 Å². The summed E-state index contributed by atoms with van der Waals surface area (Å²) >= 11 is 0. The monoisotopic (exact) mass is 337 g/mol. The van der Waals surface area contributed by atoms with Gasteiger partial charge in [-0.25, -0.2) is 0 Å². The molecular formula is C22H27NO2. The summed E-state index contributed by atoms with van der Waals surface area (Å²) in [6, 6.07) is 0. The van der Waals surface area contributed by atoms with E-state index in [2.05, 4.69) is 46.9 Å². The average molecular weight is 337 g/mol. The molecule has 2 N–H and O–H groups in total. The Kier molecular flexibility index (Phi) is 3.94. The topological polar surface area (TPSA) is 49.3 Å². The Labute approximate surface area is 150 Å². The van der Waals surface area contributed by atoms with Crippen LogP contribution in [-0.4, -0.2) is 11.1 Å². The Hall–Kier alpha value is -2.29. The van der Waals surface area contributed by atoms with Crippen LogP contribution in [0.5, 0.6) is 0 Å². The van der Waals surface area contributed by atoms with Gasteiger partial charge in [0, 0.05) is 11.4 Å². The van der Waals surface area contributed by atoms with Crippen molar-refractivity contribution in [1.82, 2.24) is 0 Å². The van der Waals surface area contributed by atoms with E-state index in [0.29, 0.717) is 0 Å². The van der Waals surface area contributed by atoms with Crippen LogP contribution in [0.1, 0.15) is 61.6 Å². The van der Waals surface area contributed by atoms with Gasteiger partial charge in [0.2, 0.25) is 0 Å². The molecule has 132 valence electrons. The number of hydrogen-bond acceptors (Lipinski definition) is 2. The molecule has 0 bridgehead atoms. The number of carboxylic acid groups (broad SMARTS) is 1. The lowest BCUT2D eigenvalue weighted by atomic mass is 9.75. The number of nitrogens with one attached hydrogen (secondary N) is 1. The molecule has 25 heavy (non-hydrogen) atoms. The molecule has 0 saturated carbocycles. The van der Waals surface area contributed by atoms with E-state index >= 15 is 0 Å². The summed E-state index contributed by atoms with van der Waals surface area (Å²) in [6.07, 6.45) is 0. The first-order chi connectivity index (χ1) is 11.6. The van der Waals surface area contributed by atoms with Crippen LogP contribution in [0.2, 0.25) is 0 Å². The standard InChI is InChI=1S/C22H27NO2/c1-9-11(3)15(7)20-17(13(9)5)19(22(24)25)18-14(6)10(2)12(4)16(8)21(18)23-20/h19,23H,1-8H3,(H,24,25). The Morgan fingerprint density at radius 1 is 0.640 bits per heavy atom. The van der Waals surface area contributed by atoms with Gasteiger partial charge in [0.05, 0.1) is 0 Å². The van der Waals surface area contributed by atoms with Crippen LogP contribution < -0.4 is 5.32 Å². The number of carboxylic acids is 1. The van der Waals surface area contributed by atoms with Gasteiger partial charge in [-0.2, -0.15) is 0 Å². The smallest absolute Gasteiger partial charge is 0.315 e. The first kappa shape index (κ1) is 17.5. The zero-order valence-electron chi connectivity index (χ0n) is 16.4. The highest BCUT2D eigenvalue weighted by molar-refractivity contribution is 5.94. The van der Waals surface area contributed by atoms with Crippen molar-refractivity contribution in [3.8, 4) is 0 Å². The second kappa shape index (κ2) is 5.62. The molecule has 0 atom stereocenters. The molecule has 3 nitrogen and oxygen atoms in total. The van der Waals surface area contributed by atoms with Crippen LogP contribution >= 0.6 is 0 Å². The third-order valence-electron chi connectivity index (χ3n) is 6.55. The number of fused-ring (bicyclic) bond motifs is 2. The molecule has 1 heterocycles. The molecule has 3 rings (SSSR count). The van der Waals surface area contributed by atoms with Crippen molar-refractivity contribution >= 4 is 17.3 Å². The molecule has 1 aliphatic heterocycles. The summed E-state index contributed by atoms with van der Waals surface area (Å²) in [5, 5.41) is 13.8. The second-order valence-corrected chi connectivity index (χ2v) is 7.47. The average Bonchev–Trinajstić information content (AvgIpc) is 2.59. The molecule has 0 aromatic heterocycles. The summed E-state index contributed by atoms with van der Waals surface area (Å²) in [5.41, 5.74) is 13.1. The first-order valence-electron chi connectivity index (χ1n) is 8.79. The lowest BCUT2D eigenvalue weighted by Gasteiger charge is -2.35. The van der Waals surface area contributed by atoms with Crippen molar-refractivity contribution in [2.45, 2.75) is 61.3 Å². The van der Waals surface area contributed by atoms with E-state index in [9.17, 15) is 9.90 Å². The van der Waals surface area contributed by atoms with Gasteiger partial charge >= 0.3 is 5.97 Å². The predicted octanol–water partition coefficient (Wildman–Crippen LogP) is 5.43. The molecular weight excluding hydrogens is 310 g/mol. The van der Waals surface area contributed by atoms with E-state index in [4.69, 9.17) is 0 Å². The number of hydrogen-bond donors (Lipinski definition) is 2. The summed E-state index contributed by atoms with van der Waals surface area (Å²) in [7, 11) is 0. The number of aliphatic carboxylic acids is 1. The van der Waals surface area contributed by atoms with Gasteiger partial charge in [0.1, 0.15) is 5.92 Å². The van der Waals surface area contributed by atoms with Gasteiger partial charge in [0.25, 0.3) is 0 Å². The fourth-order valence-electron chi connectivity index (χ4n) is 4.24. The van der Waals surface area contributed by atoms with Crippen LogP contribution in [0.4, 0.5) is 11.4 Å². The third-order valence-corrected chi connectivity index (χ3v) is 6.55. The summed E-state index contributed by atoms with van der Waals surface area (Å²) in [4.78, 5) is 12.4. The molecule has 2 aromatic rings. The maximum absolute atomic E-state index is 12.4. The zero-order valence-corrected chi connectivity index (χ0v) is 16.4. The largest absolute Gasteiger partial charge is 0.481 e. The zero-order chi connectivity index (χ0) is 18.8. The minimum absolute atomic E-state index is 0.623. The second-order valence-electron chi connectivity index (χ2n) is 7.47. The highest BCUT2D eigenvalue weighted by Crippen LogP contribution is 2.49. The van der Waals surface area contributed by atoms with Crippen molar-refractivity contribution in [3.05, 3.63) is 55.6 Å². The van der Waals surface area contributed by atoms with E-state index in [-0.39, 0.29) is 0 Å². The molecule has 0 aliphatic carbocycles. The highest BCUT2D eigenvalue weighted by atomic mass is 16.4. The maximum Gasteiger partial charge on any atom is 0.315 e. The van der Waals surface area contributed by atoms with Crippen molar-refractivity contribution in [1.29, 1.82) is 0 Å². The van der Waals surface area contributed by atoms with Crippen LogP contribution in [0, 0.1) is 55.4 Å². The molecule has 3 heteroatoms. The van der Waals surface area contributed by atoms with E-state index in [1.807, 2.05) is 13.8 Å². The van der Waals surface area contributed by atoms with Gasteiger partial charge in [0.15, 0.2) is 0 Å². The number of carbonyl (C=O) groups is 1. The van der Waals surface area contributed by atoms with Crippen molar-refractivity contribution in [2.24, 2.45) is 0 Å². The van der Waals surface area contributed by atoms with Gasteiger partial charge < -0.3 is 10.4 Å². The van der Waals surface area contributed by atoms with Crippen molar-refractivity contribution in [3.63, 3.8) is 0 Å². The Balaban J connectivity index is 2.49. The molecule has 0 saturated heterocycles. The lowest BCUT2D eigenvalue weighted by molar-refractivity contribution is -0.137. The number of anilines is 2. The fraction of sp³-hybridized carbons (Fsp3) is 0.409. The quantitative estimate of drug-likeness (QED) is 0.730. The van der Waals surface area contributed by atoms with Crippen molar-refractivity contribution in [2.75, 3.05) is 5.32 Å². The Morgan fingerprint density at radius 3 is 1.28 bits per heavy atom. The fourth-order valence-corrected chi connectivity index (χ4v) is 4.24. The van der Waals surface area contributed by atoms with Gasteiger partial charge in [-0.1, -0.05) is 0 Å².